The Hall–Kier alpha value is -1.65. The Kier molecular flexibility index (Phi) is 5.15. The van der Waals surface area contributed by atoms with Gasteiger partial charge in [0.25, 0.3) is 0 Å². The maximum absolute atomic E-state index is 12.3. The molecular formula is C17H19BrN2O. The van der Waals surface area contributed by atoms with E-state index in [9.17, 15) is 4.79 Å². The molecule has 3 nitrogen and oxygen atoms in total. The summed E-state index contributed by atoms with van der Waals surface area (Å²) in [6, 6.07) is 13.2. The highest BCUT2D eigenvalue weighted by molar-refractivity contribution is 9.10. The van der Waals surface area contributed by atoms with Gasteiger partial charge in [-0.3, -0.25) is 4.79 Å². The minimum Gasteiger partial charge on any atom is -0.324 e. The standard InChI is InChI=1S/C17H19BrN2O/c1-11-8-14(18)9-12(2)16(11)20-17(21)15(19)10-13-6-4-3-5-7-13/h3-9,15H,10,19H2,1-2H3,(H,20,21). The molecule has 21 heavy (non-hydrogen) atoms. The zero-order valence-corrected chi connectivity index (χ0v) is 13.8. The average Bonchev–Trinajstić information content (AvgIpc) is 2.43. The van der Waals surface area contributed by atoms with Gasteiger partial charge in [-0.1, -0.05) is 46.3 Å². The van der Waals surface area contributed by atoms with Gasteiger partial charge in [-0.05, 0) is 49.1 Å². The van der Waals surface area contributed by atoms with Gasteiger partial charge in [0, 0.05) is 10.2 Å². The second-order valence-electron chi connectivity index (χ2n) is 5.20. The number of hydrogen-bond acceptors (Lipinski definition) is 2. The van der Waals surface area contributed by atoms with E-state index >= 15 is 0 Å². The van der Waals surface area contributed by atoms with Crippen LogP contribution in [0.15, 0.2) is 46.9 Å². The Bertz CT molecular complexity index is 617. The monoisotopic (exact) mass is 346 g/mol. The molecule has 0 aliphatic carbocycles. The zero-order valence-electron chi connectivity index (χ0n) is 12.2. The van der Waals surface area contributed by atoms with Crippen molar-refractivity contribution in [2.75, 3.05) is 5.32 Å². The third kappa shape index (κ3) is 4.16. The van der Waals surface area contributed by atoms with Gasteiger partial charge in [-0.25, -0.2) is 0 Å². The topological polar surface area (TPSA) is 55.1 Å². The van der Waals surface area contributed by atoms with Crippen molar-refractivity contribution >= 4 is 27.5 Å². The lowest BCUT2D eigenvalue weighted by atomic mass is 10.0. The fraction of sp³-hybridized carbons (Fsp3) is 0.235. The SMILES string of the molecule is Cc1cc(Br)cc(C)c1NC(=O)C(N)Cc1ccccc1. The summed E-state index contributed by atoms with van der Waals surface area (Å²) in [5.41, 5.74) is 9.94. The molecule has 2 aromatic rings. The number of aryl methyl sites for hydroxylation is 2. The molecule has 4 heteroatoms. The van der Waals surface area contributed by atoms with Gasteiger partial charge in [0.2, 0.25) is 5.91 Å². The third-order valence-corrected chi connectivity index (χ3v) is 3.84. The van der Waals surface area contributed by atoms with E-state index in [0.717, 1.165) is 26.9 Å². The smallest absolute Gasteiger partial charge is 0.241 e. The molecule has 0 bridgehead atoms. The lowest BCUT2D eigenvalue weighted by Gasteiger charge is -2.16. The van der Waals surface area contributed by atoms with Gasteiger partial charge in [0.1, 0.15) is 0 Å². The van der Waals surface area contributed by atoms with E-state index in [1.54, 1.807) is 0 Å². The molecule has 0 aromatic heterocycles. The molecule has 0 fully saturated rings. The molecule has 2 aromatic carbocycles. The molecule has 0 saturated heterocycles. The molecule has 2 rings (SSSR count). The first-order valence-corrected chi connectivity index (χ1v) is 7.64. The van der Waals surface area contributed by atoms with Crippen LogP contribution in [0.2, 0.25) is 0 Å². The van der Waals surface area contributed by atoms with Crippen LogP contribution in [-0.2, 0) is 11.2 Å². The average molecular weight is 347 g/mol. The Morgan fingerprint density at radius 1 is 1.19 bits per heavy atom. The molecule has 1 atom stereocenters. The largest absolute Gasteiger partial charge is 0.324 e. The first-order chi connectivity index (χ1) is 9.97. The summed E-state index contributed by atoms with van der Waals surface area (Å²) in [6.07, 6.45) is 0.529. The molecule has 1 unspecified atom stereocenters. The van der Waals surface area contributed by atoms with Crippen molar-refractivity contribution in [2.45, 2.75) is 26.3 Å². The van der Waals surface area contributed by atoms with Crippen LogP contribution in [-0.4, -0.2) is 11.9 Å². The number of hydrogen-bond donors (Lipinski definition) is 2. The predicted molar refractivity (Wildman–Crippen MR) is 90.4 cm³/mol. The maximum Gasteiger partial charge on any atom is 0.241 e. The van der Waals surface area contributed by atoms with E-state index in [1.807, 2.05) is 56.3 Å². The molecule has 110 valence electrons. The lowest BCUT2D eigenvalue weighted by Crippen LogP contribution is -2.37. The summed E-state index contributed by atoms with van der Waals surface area (Å²) in [4.78, 5) is 12.3. The first kappa shape index (κ1) is 15.7. The lowest BCUT2D eigenvalue weighted by molar-refractivity contribution is -0.117. The summed E-state index contributed by atoms with van der Waals surface area (Å²) in [5.74, 6) is -0.160. The van der Waals surface area contributed by atoms with Gasteiger partial charge in [0.05, 0.1) is 6.04 Å². The number of rotatable bonds is 4. The van der Waals surface area contributed by atoms with Crippen LogP contribution in [0.3, 0.4) is 0 Å². The van der Waals surface area contributed by atoms with Crippen LogP contribution in [0.25, 0.3) is 0 Å². The summed E-state index contributed by atoms with van der Waals surface area (Å²) < 4.78 is 1.00. The minimum absolute atomic E-state index is 0.160. The predicted octanol–water partition coefficient (Wildman–Crippen LogP) is 3.57. The highest BCUT2D eigenvalue weighted by atomic mass is 79.9. The number of nitrogens with two attached hydrogens (primary N) is 1. The molecule has 0 aliphatic heterocycles. The Morgan fingerprint density at radius 2 is 1.76 bits per heavy atom. The second-order valence-corrected chi connectivity index (χ2v) is 6.12. The molecule has 0 aliphatic rings. The summed E-state index contributed by atoms with van der Waals surface area (Å²) >= 11 is 3.45. The Labute approximate surface area is 133 Å². The normalized spacial score (nSPS) is 12.0. The van der Waals surface area contributed by atoms with Crippen molar-refractivity contribution in [3.05, 3.63) is 63.6 Å². The highest BCUT2D eigenvalue weighted by Crippen LogP contribution is 2.25. The fourth-order valence-electron chi connectivity index (χ4n) is 2.28. The number of nitrogens with one attached hydrogen (secondary N) is 1. The van der Waals surface area contributed by atoms with Crippen molar-refractivity contribution in [2.24, 2.45) is 5.73 Å². The molecule has 1 amide bonds. The number of anilines is 1. The number of benzene rings is 2. The van der Waals surface area contributed by atoms with E-state index in [1.165, 1.54) is 0 Å². The van der Waals surface area contributed by atoms with Crippen LogP contribution < -0.4 is 11.1 Å². The summed E-state index contributed by atoms with van der Waals surface area (Å²) in [6.45, 7) is 3.94. The molecule has 0 saturated carbocycles. The quantitative estimate of drug-likeness (QED) is 0.888. The number of amides is 1. The third-order valence-electron chi connectivity index (χ3n) is 3.38. The van der Waals surface area contributed by atoms with E-state index < -0.39 is 6.04 Å². The van der Waals surface area contributed by atoms with Crippen molar-refractivity contribution in [1.82, 2.24) is 0 Å². The molecular weight excluding hydrogens is 328 g/mol. The van der Waals surface area contributed by atoms with Crippen molar-refractivity contribution in [1.29, 1.82) is 0 Å². The summed E-state index contributed by atoms with van der Waals surface area (Å²) in [5, 5.41) is 2.94. The van der Waals surface area contributed by atoms with Gasteiger partial charge >= 0.3 is 0 Å². The van der Waals surface area contributed by atoms with Crippen LogP contribution in [0.1, 0.15) is 16.7 Å². The van der Waals surface area contributed by atoms with E-state index in [0.29, 0.717) is 6.42 Å². The van der Waals surface area contributed by atoms with Gasteiger partial charge in [-0.2, -0.15) is 0 Å². The van der Waals surface area contributed by atoms with Gasteiger partial charge in [0.15, 0.2) is 0 Å². The number of carbonyl (C=O) groups is 1. The van der Waals surface area contributed by atoms with E-state index in [4.69, 9.17) is 5.73 Å². The van der Waals surface area contributed by atoms with Crippen LogP contribution in [0, 0.1) is 13.8 Å². The Balaban J connectivity index is 2.08. The second kappa shape index (κ2) is 6.87. The highest BCUT2D eigenvalue weighted by Gasteiger charge is 2.16. The van der Waals surface area contributed by atoms with Gasteiger partial charge in [-0.15, -0.1) is 0 Å². The van der Waals surface area contributed by atoms with E-state index in [2.05, 4.69) is 21.2 Å². The molecule has 0 spiro atoms. The van der Waals surface area contributed by atoms with Crippen LogP contribution in [0.4, 0.5) is 5.69 Å². The van der Waals surface area contributed by atoms with Crippen LogP contribution in [0.5, 0.6) is 0 Å². The molecule has 0 heterocycles. The summed E-state index contributed by atoms with van der Waals surface area (Å²) in [7, 11) is 0. The minimum atomic E-state index is -0.560. The zero-order chi connectivity index (χ0) is 15.4. The number of halogens is 1. The van der Waals surface area contributed by atoms with Crippen LogP contribution >= 0.6 is 15.9 Å². The molecule has 3 N–H and O–H groups in total. The fourth-order valence-corrected chi connectivity index (χ4v) is 2.97. The van der Waals surface area contributed by atoms with Crippen molar-refractivity contribution in [3.63, 3.8) is 0 Å². The van der Waals surface area contributed by atoms with E-state index in [-0.39, 0.29) is 5.91 Å². The van der Waals surface area contributed by atoms with Crippen molar-refractivity contribution in [3.8, 4) is 0 Å². The number of carbonyl (C=O) groups excluding carboxylic acids is 1. The first-order valence-electron chi connectivity index (χ1n) is 6.84. The maximum atomic E-state index is 12.3. The Morgan fingerprint density at radius 3 is 2.33 bits per heavy atom. The molecule has 0 radical (unpaired) electrons. The van der Waals surface area contributed by atoms with Gasteiger partial charge < -0.3 is 11.1 Å². The van der Waals surface area contributed by atoms with Crippen molar-refractivity contribution < 1.29 is 4.79 Å².